The van der Waals surface area contributed by atoms with E-state index in [2.05, 4.69) is 0 Å². The first kappa shape index (κ1) is 11.6. The quantitative estimate of drug-likeness (QED) is 0.430. The smallest absolute Gasteiger partial charge is 0.323 e. The fourth-order valence-electron chi connectivity index (χ4n) is 1.79. The van der Waals surface area contributed by atoms with Gasteiger partial charge in [0.25, 0.3) is 0 Å². The van der Waals surface area contributed by atoms with Gasteiger partial charge in [-0.3, -0.25) is 4.79 Å². The lowest BCUT2D eigenvalue weighted by molar-refractivity contribution is -0.139. The van der Waals surface area contributed by atoms with E-state index in [1.54, 1.807) is 6.07 Å². The van der Waals surface area contributed by atoms with E-state index in [1.165, 1.54) is 11.0 Å². The number of aliphatic hydroxyl groups is 1. The SMILES string of the molecule is Nc1cc2c(cc1N)C(O)N(CC(=O)O)C2=S. The molecule has 1 aromatic carbocycles. The Hall–Kier alpha value is -1.86. The standard InChI is InChI=1S/C10H11N3O3S/c11-6-1-4-5(2-7(6)12)10(17)13(9(4)16)3-8(14)15/h1-2,9,16H,3,11-12H2,(H,14,15). The van der Waals surface area contributed by atoms with Crippen LogP contribution in [-0.4, -0.2) is 32.6 Å². The lowest BCUT2D eigenvalue weighted by Crippen LogP contribution is -2.32. The minimum atomic E-state index is -1.09. The number of hydrogen-bond donors (Lipinski definition) is 4. The third kappa shape index (κ3) is 1.79. The lowest BCUT2D eigenvalue weighted by Gasteiger charge is -2.20. The highest BCUT2D eigenvalue weighted by atomic mass is 32.1. The highest BCUT2D eigenvalue weighted by Gasteiger charge is 2.34. The first-order chi connectivity index (χ1) is 7.91. The van der Waals surface area contributed by atoms with Gasteiger partial charge >= 0.3 is 5.97 Å². The Labute approximate surface area is 102 Å². The lowest BCUT2D eigenvalue weighted by atomic mass is 10.1. The van der Waals surface area contributed by atoms with Gasteiger partial charge < -0.3 is 26.6 Å². The van der Waals surface area contributed by atoms with Gasteiger partial charge in [0, 0.05) is 11.1 Å². The van der Waals surface area contributed by atoms with E-state index in [4.69, 9.17) is 28.8 Å². The summed E-state index contributed by atoms with van der Waals surface area (Å²) in [5.41, 5.74) is 13.0. The molecule has 0 spiro atoms. The molecule has 0 aromatic heterocycles. The van der Waals surface area contributed by atoms with E-state index in [-0.39, 0.29) is 11.5 Å². The Kier molecular flexibility index (Phi) is 2.64. The van der Waals surface area contributed by atoms with Gasteiger partial charge in [-0.25, -0.2) is 0 Å². The molecule has 1 heterocycles. The van der Waals surface area contributed by atoms with Crippen LogP contribution < -0.4 is 11.5 Å². The second kappa shape index (κ2) is 3.86. The number of carboxylic acids is 1. The Morgan fingerprint density at radius 3 is 2.59 bits per heavy atom. The van der Waals surface area contributed by atoms with Crippen molar-refractivity contribution in [3.05, 3.63) is 23.3 Å². The molecular weight excluding hydrogens is 242 g/mol. The monoisotopic (exact) mass is 253 g/mol. The molecule has 6 nitrogen and oxygen atoms in total. The molecule has 1 aliphatic rings. The minimum Gasteiger partial charge on any atom is -0.480 e. The fourth-order valence-corrected chi connectivity index (χ4v) is 2.13. The summed E-state index contributed by atoms with van der Waals surface area (Å²) < 4.78 is 0. The summed E-state index contributed by atoms with van der Waals surface area (Å²) in [7, 11) is 0. The van der Waals surface area contributed by atoms with Crippen molar-refractivity contribution < 1.29 is 15.0 Å². The maximum absolute atomic E-state index is 10.7. The summed E-state index contributed by atoms with van der Waals surface area (Å²) in [5, 5.41) is 18.7. The third-order valence-electron chi connectivity index (χ3n) is 2.63. The number of aliphatic carboxylic acids is 1. The van der Waals surface area contributed by atoms with Gasteiger partial charge in [0.2, 0.25) is 0 Å². The van der Waals surface area contributed by atoms with Crippen molar-refractivity contribution in [1.29, 1.82) is 0 Å². The van der Waals surface area contributed by atoms with Crippen molar-refractivity contribution >= 4 is 34.6 Å². The Morgan fingerprint density at radius 2 is 2.00 bits per heavy atom. The number of fused-ring (bicyclic) bond motifs is 1. The van der Waals surface area contributed by atoms with Crippen LogP contribution in [0.5, 0.6) is 0 Å². The second-order valence-corrected chi connectivity index (χ2v) is 4.16. The number of rotatable bonds is 2. The summed E-state index contributed by atoms with van der Waals surface area (Å²) >= 11 is 5.10. The van der Waals surface area contributed by atoms with E-state index >= 15 is 0 Å². The van der Waals surface area contributed by atoms with Crippen LogP contribution >= 0.6 is 12.2 Å². The van der Waals surface area contributed by atoms with Crippen molar-refractivity contribution in [2.75, 3.05) is 18.0 Å². The molecule has 1 aliphatic heterocycles. The first-order valence-electron chi connectivity index (χ1n) is 4.81. The molecule has 1 aromatic rings. The predicted molar refractivity (Wildman–Crippen MR) is 66.3 cm³/mol. The van der Waals surface area contributed by atoms with E-state index in [0.29, 0.717) is 22.5 Å². The largest absolute Gasteiger partial charge is 0.480 e. The molecule has 0 bridgehead atoms. The molecule has 0 amide bonds. The number of nitrogens with zero attached hydrogens (tertiary/aromatic N) is 1. The molecule has 7 heteroatoms. The molecule has 2 rings (SSSR count). The van der Waals surface area contributed by atoms with Gasteiger partial charge in [-0.15, -0.1) is 0 Å². The average Bonchev–Trinajstić information content (AvgIpc) is 2.45. The molecular formula is C10H11N3O3S. The summed E-state index contributed by atoms with van der Waals surface area (Å²) in [4.78, 5) is 12.1. The number of aliphatic hydroxyl groups excluding tert-OH is 1. The zero-order valence-corrected chi connectivity index (χ0v) is 9.57. The predicted octanol–water partition coefficient (Wildman–Crippen LogP) is -0.0824. The van der Waals surface area contributed by atoms with E-state index in [0.717, 1.165) is 0 Å². The molecule has 1 atom stereocenters. The van der Waals surface area contributed by atoms with Crippen molar-refractivity contribution in [2.45, 2.75) is 6.23 Å². The number of carbonyl (C=O) groups is 1. The number of thiocarbonyl (C=S) groups is 1. The molecule has 0 fully saturated rings. The zero-order valence-electron chi connectivity index (χ0n) is 8.75. The number of carboxylic acid groups (broad SMARTS) is 1. The van der Waals surface area contributed by atoms with Crippen LogP contribution in [0.2, 0.25) is 0 Å². The Morgan fingerprint density at radius 1 is 1.41 bits per heavy atom. The van der Waals surface area contributed by atoms with Crippen molar-refractivity contribution in [3.63, 3.8) is 0 Å². The van der Waals surface area contributed by atoms with Gasteiger partial charge in [0.05, 0.1) is 11.4 Å². The molecule has 0 aliphatic carbocycles. The fraction of sp³-hybridized carbons (Fsp3) is 0.200. The maximum atomic E-state index is 10.7. The molecule has 0 saturated carbocycles. The van der Waals surface area contributed by atoms with E-state index in [1.807, 2.05) is 0 Å². The van der Waals surface area contributed by atoms with Crippen LogP contribution in [0.4, 0.5) is 11.4 Å². The molecule has 17 heavy (non-hydrogen) atoms. The van der Waals surface area contributed by atoms with Gasteiger partial charge in [-0.1, -0.05) is 12.2 Å². The topological polar surface area (TPSA) is 113 Å². The highest BCUT2D eigenvalue weighted by Crippen LogP contribution is 2.35. The van der Waals surface area contributed by atoms with Crippen LogP contribution in [0, 0.1) is 0 Å². The minimum absolute atomic E-state index is 0.265. The number of nitrogens with two attached hydrogens (primary N) is 2. The summed E-state index contributed by atoms with van der Waals surface area (Å²) in [6.07, 6.45) is -1.09. The normalized spacial score (nSPS) is 18.3. The number of benzene rings is 1. The number of anilines is 2. The maximum Gasteiger partial charge on any atom is 0.323 e. The molecule has 0 saturated heterocycles. The Bertz CT molecular complexity index is 518. The number of hydrogen-bond acceptors (Lipinski definition) is 5. The molecule has 0 radical (unpaired) electrons. The van der Waals surface area contributed by atoms with Gasteiger partial charge in [-0.05, 0) is 12.1 Å². The molecule has 90 valence electrons. The zero-order chi connectivity index (χ0) is 12.7. The number of nitrogen functional groups attached to an aromatic ring is 2. The summed E-state index contributed by atoms with van der Waals surface area (Å²) in [5.74, 6) is -1.07. The van der Waals surface area contributed by atoms with Crippen LogP contribution in [-0.2, 0) is 4.79 Å². The van der Waals surface area contributed by atoms with Gasteiger partial charge in [0.1, 0.15) is 11.5 Å². The van der Waals surface area contributed by atoms with Crippen molar-refractivity contribution in [1.82, 2.24) is 4.90 Å². The van der Waals surface area contributed by atoms with Gasteiger partial charge in [-0.2, -0.15) is 0 Å². The molecule has 6 N–H and O–H groups in total. The summed E-state index contributed by atoms with van der Waals surface area (Å²) in [6, 6.07) is 3.07. The van der Waals surface area contributed by atoms with Gasteiger partial charge in [0.15, 0.2) is 6.23 Å². The Balaban J connectivity index is 2.45. The molecule has 1 unspecified atom stereocenters. The van der Waals surface area contributed by atoms with Crippen LogP contribution in [0.25, 0.3) is 0 Å². The van der Waals surface area contributed by atoms with Crippen LogP contribution in [0.1, 0.15) is 17.4 Å². The first-order valence-corrected chi connectivity index (χ1v) is 5.22. The average molecular weight is 253 g/mol. The van der Waals surface area contributed by atoms with Crippen molar-refractivity contribution in [3.8, 4) is 0 Å². The third-order valence-corrected chi connectivity index (χ3v) is 3.08. The summed E-state index contributed by atoms with van der Waals surface area (Å²) in [6.45, 7) is -0.367. The second-order valence-electron chi connectivity index (χ2n) is 3.77. The van der Waals surface area contributed by atoms with E-state index < -0.39 is 12.2 Å². The van der Waals surface area contributed by atoms with Crippen molar-refractivity contribution in [2.24, 2.45) is 0 Å². The van der Waals surface area contributed by atoms with Crippen LogP contribution in [0.15, 0.2) is 12.1 Å². The highest BCUT2D eigenvalue weighted by molar-refractivity contribution is 7.80. The van der Waals surface area contributed by atoms with Crippen LogP contribution in [0.3, 0.4) is 0 Å². The van der Waals surface area contributed by atoms with E-state index in [9.17, 15) is 9.90 Å².